The summed E-state index contributed by atoms with van der Waals surface area (Å²) in [6.07, 6.45) is 6.17. The molecule has 1 aliphatic heterocycles. The van der Waals surface area contributed by atoms with Gasteiger partial charge in [0.2, 0.25) is 0 Å². The standard InChI is InChI=1S/C13H19N3O2/c1-9-12(7-15-18-9)13(17)16(11-4-5-11)8-10-3-2-6-14-10/h7,10-11,14H,2-6,8H2,1H3. The zero-order chi connectivity index (χ0) is 12.5. The Morgan fingerprint density at radius 2 is 2.39 bits per heavy atom. The van der Waals surface area contributed by atoms with Crippen LogP contribution in [0, 0.1) is 6.92 Å². The van der Waals surface area contributed by atoms with Crippen LogP contribution in [0.5, 0.6) is 0 Å². The Morgan fingerprint density at radius 3 is 2.94 bits per heavy atom. The molecule has 2 fully saturated rings. The maximum absolute atomic E-state index is 12.5. The van der Waals surface area contributed by atoms with Crippen LogP contribution in [0.3, 0.4) is 0 Å². The summed E-state index contributed by atoms with van der Waals surface area (Å²) < 4.78 is 4.99. The number of hydrogen-bond donors (Lipinski definition) is 1. The van der Waals surface area contributed by atoms with Crippen molar-refractivity contribution in [3.8, 4) is 0 Å². The van der Waals surface area contributed by atoms with Gasteiger partial charge in [-0.1, -0.05) is 5.16 Å². The fourth-order valence-corrected chi connectivity index (χ4v) is 2.59. The molecular formula is C13H19N3O2. The van der Waals surface area contributed by atoms with E-state index in [4.69, 9.17) is 4.52 Å². The minimum atomic E-state index is 0.0740. The van der Waals surface area contributed by atoms with E-state index in [2.05, 4.69) is 10.5 Å². The predicted molar refractivity (Wildman–Crippen MR) is 66.3 cm³/mol. The Morgan fingerprint density at radius 1 is 1.56 bits per heavy atom. The first-order valence-corrected chi connectivity index (χ1v) is 6.71. The van der Waals surface area contributed by atoms with E-state index in [0.717, 1.165) is 25.9 Å². The van der Waals surface area contributed by atoms with Crippen LogP contribution in [0.1, 0.15) is 41.8 Å². The van der Waals surface area contributed by atoms with Gasteiger partial charge in [0.25, 0.3) is 5.91 Å². The molecule has 3 rings (SSSR count). The van der Waals surface area contributed by atoms with Crippen molar-refractivity contribution in [1.29, 1.82) is 0 Å². The Balaban J connectivity index is 1.73. The molecule has 1 saturated heterocycles. The van der Waals surface area contributed by atoms with Crippen molar-refractivity contribution >= 4 is 5.91 Å². The highest BCUT2D eigenvalue weighted by molar-refractivity contribution is 5.95. The number of hydrogen-bond acceptors (Lipinski definition) is 4. The fraction of sp³-hybridized carbons (Fsp3) is 0.692. The molecular weight excluding hydrogens is 230 g/mol. The molecule has 1 atom stereocenters. The third kappa shape index (κ3) is 2.27. The van der Waals surface area contributed by atoms with Crippen molar-refractivity contribution in [2.75, 3.05) is 13.1 Å². The van der Waals surface area contributed by atoms with E-state index in [1.54, 1.807) is 6.92 Å². The van der Waals surface area contributed by atoms with Gasteiger partial charge in [-0.15, -0.1) is 0 Å². The molecule has 0 radical (unpaired) electrons. The van der Waals surface area contributed by atoms with Crippen LogP contribution in [0.4, 0.5) is 0 Å². The summed E-state index contributed by atoms with van der Waals surface area (Å²) in [5.41, 5.74) is 0.611. The van der Waals surface area contributed by atoms with Gasteiger partial charge < -0.3 is 14.7 Å². The molecule has 1 aromatic heterocycles. The topological polar surface area (TPSA) is 58.4 Å². The van der Waals surface area contributed by atoms with Crippen LogP contribution >= 0.6 is 0 Å². The zero-order valence-corrected chi connectivity index (χ0v) is 10.7. The lowest BCUT2D eigenvalue weighted by molar-refractivity contribution is 0.0727. The van der Waals surface area contributed by atoms with Crippen molar-refractivity contribution in [1.82, 2.24) is 15.4 Å². The van der Waals surface area contributed by atoms with Crippen LogP contribution in [0.25, 0.3) is 0 Å². The zero-order valence-electron chi connectivity index (χ0n) is 10.7. The second-order valence-electron chi connectivity index (χ2n) is 5.28. The molecule has 18 heavy (non-hydrogen) atoms. The van der Waals surface area contributed by atoms with Gasteiger partial charge in [0.1, 0.15) is 11.3 Å². The van der Waals surface area contributed by atoms with Crippen LogP contribution in [-0.4, -0.2) is 41.1 Å². The highest BCUT2D eigenvalue weighted by atomic mass is 16.5. The summed E-state index contributed by atoms with van der Waals surface area (Å²) in [5.74, 6) is 0.690. The van der Waals surface area contributed by atoms with Gasteiger partial charge >= 0.3 is 0 Å². The molecule has 1 saturated carbocycles. The Labute approximate surface area is 107 Å². The van der Waals surface area contributed by atoms with Crippen molar-refractivity contribution in [3.05, 3.63) is 17.5 Å². The van der Waals surface area contributed by atoms with E-state index in [1.807, 2.05) is 4.90 Å². The van der Waals surface area contributed by atoms with Gasteiger partial charge in [0.05, 0.1) is 6.20 Å². The maximum Gasteiger partial charge on any atom is 0.259 e. The summed E-state index contributed by atoms with van der Waals surface area (Å²) in [6.45, 7) is 3.68. The number of amides is 1. The summed E-state index contributed by atoms with van der Waals surface area (Å²) in [5, 5.41) is 7.15. The van der Waals surface area contributed by atoms with Gasteiger partial charge in [-0.2, -0.15) is 0 Å². The lowest BCUT2D eigenvalue weighted by atomic mass is 10.2. The van der Waals surface area contributed by atoms with E-state index in [0.29, 0.717) is 23.4 Å². The lowest BCUT2D eigenvalue weighted by Gasteiger charge is -2.25. The molecule has 5 heteroatoms. The van der Waals surface area contributed by atoms with Crippen molar-refractivity contribution in [3.63, 3.8) is 0 Å². The summed E-state index contributed by atoms with van der Waals surface area (Å²) in [4.78, 5) is 14.5. The van der Waals surface area contributed by atoms with Gasteiger partial charge in [-0.05, 0) is 39.2 Å². The Kier molecular flexibility index (Phi) is 3.07. The molecule has 2 heterocycles. The number of aromatic nitrogens is 1. The molecule has 1 amide bonds. The number of nitrogens with zero attached hydrogens (tertiary/aromatic N) is 2. The SMILES string of the molecule is Cc1oncc1C(=O)N(CC1CCCN1)C1CC1. The molecule has 0 aromatic carbocycles. The van der Waals surface area contributed by atoms with Crippen LogP contribution in [0.15, 0.2) is 10.7 Å². The molecule has 98 valence electrons. The molecule has 2 aliphatic rings. The van der Waals surface area contributed by atoms with Gasteiger partial charge in [-0.25, -0.2) is 0 Å². The lowest BCUT2D eigenvalue weighted by Crippen LogP contribution is -2.42. The average molecular weight is 249 g/mol. The average Bonchev–Trinajstić information content (AvgIpc) is 2.89. The number of aryl methyl sites for hydroxylation is 1. The van der Waals surface area contributed by atoms with E-state index in [-0.39, 0.29) is 5.91 Å². The first kappa shape index (κ1) is 11.7. The molecule has 5 nitrogen and oxygen atoms in total. The Hall–Kier alpha value is -1.36. The minimum absolute atomic E-state index is 0.0740. The highest BCUT2D eigenvalue weighted by Gasteiger charge is 2.36. The molecule has 1 N–H and O–H groups in total. The third-order valence-corrected chi connectivity index (χ3v) is 3.81. The van der Waals surface area contributed by atoms with Crippen LogP contribution in [0.2, 0.25) is 0 Å². The van der Waals surface area contributed by atoms with Crippen LogP contribution in [-0.2, 0) is 0 Å². The normalized spacial score (nSPS) is 23.3. The third-order valence-electron chi connectivity index (χ3n) is 3.81. The highest BCUT2D eigenvalue weighted by Crippen LogP contribution is 2.29. The molecule has 1 unspecified atom stereocenters. The van der Waals surface area contributed by atoms with E-state index in [9.17, 15) is 4.79 Å². The van der Waals surface area contributed by atoms with Crippen molar-refractivity contribution in [2.45, 2.75) is 44.7 Å². The number of carbonyl (C=O) groups is 1. The first-order chi connectivity index (χ1) is 8.75. The monoisotopic (exact) mass is 249 g/mol. The number of carbonyl (C=O) groups excluding carboxylic acids is 1. The van der Waals surface area contributed by atoms with Crippen molar-refractivity contribution in [2.24, 2.45) is 0 Å². The maximum atomic E-state index is 12.5. The van der Waals surface area contributed by atoms with E-state index < -0.39 is 0 Å². The minimum Gasteiger partial charge on any atom is -0.361 e. The fourth-order valence-electron chi connectivity index (χ4n) is 2.59. The van der Waals surface area contributed by atoms with E-state index in [1.165, 1.54) is 19.0 Å². The Bertz CT molecular complexity index is 433. The summed E-state index contributed by atoms with van der Waals surface area (Å²) in [7, 11) is 0. The largest absolute Gasteiger partial charge is 0.361 e. The summed E-state index contributed by atoms with van der Waals surface area (Å²) >= 11 is 0. The van der Waals surface area contributed by atoms with Gasteiger partial charge in [-0.3, -0.25) is 4.79 Å². The molecule has 0 spiro atoms. The molecule has 0 bridgehead atoms. The van der Waals surface area contributed by atoms with Gasteiger partial charge in [0, 0.05) is 18.6 Å². The molecule has 1 aliphatic carbocycles. The number of rotatable bonds is 4. The smallest absolute Gasteiger partial charge is 0.259 e. The second-order valence-corrected chi connectivity index (χ2v) is 5.28. The van der Waals surface area contributed by atoms with E-state index >= 15 is 0 Å². The van der Waals surface area contributed by atoms with Crippen LogP contribution < -0.4 is 5.32 Å². The van der Waals surface area contributed by atoms with Gasteiger partial charge in [0.15, 0.2) is 0 Å². The summed E-state index contributed by atoms with van der Waals surface area (Å²) in [6, 6.07) is 0.879. The first-order valence-electron chi connectivity index (χ1n) is 6.71. The second kappa shape index (κ2) is 4.72. The predicted octanol–water partition coefficient (Wildman–Crippen LogP) is 1.34. The molecule has 1 aromatic rings. The number of nitrogens with one attached hydrogen (secondary N) is 1. The van der Waals surface area contributed by atoms with Crippen molar-refractivity contribution < 1.29 is 9.32 Å². The quantitative estimate of drug-likeness (QED) is 0.875.